The Bertz CT molecular complexity index is 598. The van der Waals surface area contributed by atoms with Crippen molar-refractivity contribution in [2.24, 2.45) is 5.84 Å². The second-order valence-electron chi connectivity index (χ2n) is 3.84. The number of hydrazine groups is 1. The van der Waals surface area contributed by atoms with Gasteiger partial charge in [-0.25, -0.2) is 5.84 Å². The van der Waals surface area contributed by atoms with E-state index in [0.29, 0.717) is 5.75 Å². The van der Waals surface area contributed by atoms with E-state index in [1.165, 1.54) is 12.1 Å². The third kappa shape index (κ3) is 2.96. The molecular formula is C12H12N4O3. The molecule has 1 heterocycles. The van der Waals surface area contributed by atoms with Crippen LogP contribution >= 0.6 is 0 Å². The molecule has 3 N–H and O–H groups in total. The van der Waals surface area contributed by atoms with Gasteiger partial charge in [0.1, 0.15) is 11.6 Å². The standard InChI is InChI=1S/C12H12N4O3/c1-8-2-4-9(5-3-8)19-12-10(16(17)18)6-7-11(14-12)15-13/h2-7H,13H2,1H3,(H,14,15). The molecule has 0 aliphatic carbocycles. The zero-order valence-corrected chi connectivity index (χ0v) is 10.2. The Hall–Kier alpha value is -2.67. The molecule has 7 nitrogen and oxygen atoms in total. The van der Waals surface area contributed by atoms with Crippen molar-refractivity contribution in [1.82, 2.24) is 4.98 Å². The molecule has 1 aromatic carbocycles. The molecule has 0 amide bonds. The quantitative estimate of drug-likeness (QED) is 0.497. The molecule has 0 unspecified atom stereocenters. The Labute approximate surface area is 109 Å². The first kappa shape index (κ1) is 12.8. The van der Waals surface area contributed by atoms with E-state index in [-0.39, 0.29) is 17.4 Å². The topological polar surface area (TPSA) is 103 Å². The summed E-state index contributed by atoms with van der Waals surface area (Å²) in [5.41, 5.74) is 3.15. The van der Waals surface area contributed by atoms with E-state index in [4.69, 9.17) is 10.6 Å². The number of ether oxygens (including phenoxy) is 1. The number of aryl methyl sites for hydroxylation is 1. The first-order valence-electron chi connectivity index (χ1n) is 5.46. The van der Waals surface area contributed by atoms with Gasteiger partial charge >= 0.3 is 11.6 Å². The summed E-state index contributed by atoms with van der Waals surface area (Å²) < 4.78 is 5.42. The van der Waals surface area contributed by atoms with Crippen LogP contribution in [0.1, 0.15) is 5.56 Å². The molecule has 0 aliphatic rings. The van der Waals surface area contributed by atoms with Gasteiger partial charge in [0.2, 0.25) is 0 Å². The molecule has 0 aliphatic heterocycles. The summed E-state index contributed by atoms with van der Waals surface area (Å²) in [5.74, 6) is 5.87. The predicted molar refractivity (Wildman–Crippen MR) is 70.0 cm³/mol. The first-order valence-corrected chi connectivity index (χ1v) is 5.46. The van der Waals surface area contributed by atoms with E-state index in [1.807, 2.05) is 19.1 Å². The SMILES string of the molecule is Cc1ccc(Oc2nc(NN)ccc2[N+](=O)[O-])cc1. The maximum Gasteiger partial charge on any atom is 0.331 e. The molecule has 0 radical (unpaired) electrons. The molecule has 7 heteroatoms. The highest BCUT2D eigenvalue weighted by Crippen LogP contribution is 2.30. The van der Waals surface area contributed by atoms with Crippen molar-refractivity contribution in [2.75, 3.05) is 5.43 Å². The molecule has 0 atom stereocenters. The van der Waals surface area contributed by atoms with Crippen LogP contribution in [0.3, 0.4) is 0 Å². The fourth-order valence-corrected chi connectivity index (χ4v) is 1.45. The van der Waals surface area contributed by atoms with Crippen molar-refractivity contribution in [1.29, 1.82) is 0 Å². The number of rotatable bonds is 4. The third-order valence-corrected chi connectivity index (χ3v) is 2.42. The first-order chi connectivity index (χ1) is 9.10. The van der Waals surface area contributed by atoms with Crippen molar-refractivity contribution in [2.45, 2.75) is 6.92 Å². The fraction of sp³-hybridized carbons (Fsp3) is 0.0833. The van der Waals surface area contributed by atoms with E-state index in [2.05, 4.69) is 10.4 Å². The van der Waals surface area contributed by atoms with Gasteiger partial charge in [0.25, 0.3) is 0 Å². The van der Waals surface area contributed by atoms with Crippen LogP contribution in [0.2, 0.25) is 0 Å². The Morgan fingerprint density at radius 3 is 2.53 bits per heavy atom. The summed E-state index contributed by atoms with van der Waals surface area (Å²) in [6.45, 7) is 1.93. The summed E-state index contributed by atoms with van der Waals surface area (Å²) in [5, 5.41) is 10.9. The largest absolute Gasteiger partial charge is 0.434 e. The molecule has 19 heavy (non-hydrogen) atoms. The number of hydrogen-bond donors (Lipinski definition) is 2. The van der Waals surface area contributed by atoms with Gasteiger partial charge in [0.05, 0.1) is 4.92 Å². The number of nitrogen functional groups attached to an aromatic ring is 1. The minimum Gasteiger partial charge on any atom is -0.434 e. The van der Waals surface area contributed by atoms with E-state index < -0.39 is 4.92 Å². The van der Waals surface area contributed by atoms with Gasteiger partial charge in [0, 0.05) is 6.07 Å². The Balaban J connectivity index is 2.36. The number of nitrogens with two attached hydrogens (primary N) is 1. The van der Waals surface area contributed by atoms with Crippen molar-refractivity contribution in [3.63, 3.8) is 0 Å². The average molecular weight is 260 g/mol. The highest BCUT2D eigenvalue weighted by molar-refractivity contribution is 5.50. The van der Waals surface area contributed by atoms with Crippen LogP contribution in [0.15, 0.2) is 36.4 Å². The van der Waals surface area contributed by atoms with Crippen LogP contribution in [0, 0.1) is 17.0 Å². The number of anilines is 1. The lowest BCUT2D eigenvalue weighted by atomic mass is 10.2. The number of aromatic nitrogens is 1. The van der Waals surface area contributed by atoms with Crippen LogP contribution < -0.4 is 16.0 Å². The molecule has 2 rings (SSSR count). The normalized spacial score (nSPS) is 10.0. The number of nitrogens with one attached hydrogen (secondary N) is 1. The average Bonchev–Trinajstić information content (AvgIpc) is 2.41. The summed E-state index contributed by atoms with van der Waals surface area (Å²) in [7, 11) is 0. The van der Waals surface area contributed by atoms with E-state index in [9.17, 15) is 10.1 Å². The Kier molecular flexibility index (Phi) is 3.58. The molecule has 0 saturated carbocycles. The molecule has 2 aromatic rings. The maximum absolute atomic E-state index is 10.9. The fourth-order valence-electron chi connectivity index (χ4n) is 1.45. The zero-order chi connectivity index (χ0) is 13.8. The van der Waals surface area contributed by atoms with Gasteiger partial charge in [-0.15, -0.1) is 0 Å². The van der Waals surface area contributed by atoms with Crippen LogP contribution in [-0.2, 0) is 0 Å². The lowest BCUT2D eigenvalue weighted by Gasteiger charge is -2.07. The lowest BCUT2D eigenvalue weighted by Crippen LogP contribution is -2.09. The van der Waals surface area contributed by atoms with E-state index in [0.717, 1.165) is 5.56 Å². The van der Waals surface area contributed by atoms with Crippen LogP contribution in [0.5, 0.6) is 11.6 Å². The van der Waals surface area contributed by atoms with Gasteiger partial charge in [0.15, 0.2) is 0 Å². The number of nitrogens with zero attached hydrogens (tertiary/aromatic N) is 2. The molecule has 0 bridgehead atoms. The highest BCUT2D eigenvalue weighted by atomic mass is 16.6. The number of nitro groups is 1. The molecular weight excluding hydrogens is 248 g/mol. The molecule has 98 valence electrons. The van der Waals surface area contributed by atoms with E-state index in [1.54, 1.807) is 12.1 Å². The smallest absolute Gasteiger partial charge is 0.331 e. The van der Waals surface area contributed by atoms with Crippen LogP contribution in [0.4, 0.5) is 11.5 Å². The van der Waals surface area contributed by atoms with Crippen molar-refractivity contribution in [3.05, 3.63) is 52.1 Å². The second kappa shape index (κ2) is 5.32. The molecule has 1 aromatic heterocycles. The summed E-state index contributed by atoms with van der Waals surface area (Å²) in [6, 6.07) is 9.79. The second-order valence-corrected chi connectivity index (χ2v) is 3.84. The monoisotopic (exact) mass is 260 g/mol. The lowest BCUT2D eigenvalue weighted by molar-refractivity contribution is -0.386. The van der Waals surface area contributed by atoms with Crippen molar-refractivity contribution >= 4 is 11.5 Å². The summed E-state index contributed by atoms with van der Waals surface area (Å²) in [4.78, 5) is 14.3. The van der Waals surface area contributed by atoms with Gasteiger partial charge in [-0.1, -0.05) is 17.7 Å². The van der Waals surface area contributed by atoms with Crippen molar-refractivity contribution in [3.8, 4) is 11.6 Å². The minimum absolute atomic E-state index is 0.107. The summed E-state index contributed by atoms with van der Waals surface area (Å²) >= 11 is 0. The van der Waals surface area contributed by atoms with Gasteiger partial charge in [-0.2, -0.15) is 4.98 Å². The predicted octanol–water partition coefficient (Wildman–Crippen LogP) is 2.38. The molecule has 0 saturated heterocycles. The number of pyridine rings is 1. The van der Waals surface area contributed by atoms with Crippen LogP contribution in [-0.4, -0.2) is 9.91 Å². The molecule has 0 fully saturated rings. The Morgan fingerprint density at radius 2 is 1.95 bits per heavy atom. The minimum atomic E-state index is -0.559. The van der Waals surface area contributed by atoms with Gasteiger partial charge < -0.3 is 10.2 Å². The molecule has 0 spiro atoms. The van der Waals surface area contributed by atoms with Gasteiger partial charge in [-0.3, -0.25) is 10.1 Å². The summed E-state index contributed by atoms with van der Waals surface area (Å²) in [6.07, 6.45) is 0. The third-order valence-electron chi connectivity index (χ3n) is 2.42. The number of hydrogen-bond acceptors (Lipinski definition) is 6. The van der Waals surface area contributed by atoms with Crippen molar-refractivity contribution < 1.29 is 9.66 Å². The van der Waals surface area contributed by atoms with Crippen LogP contribution in [0.25, 0.3) is 0 Å². The van der Waals surface area contributed by atoms with E-state index >= 15 is 0 Å². The zero-order valence-electron chi connectivity index (χ0n) is 10.2. The maximum atomic E-state index is 10.9. The Morgan fingerprint density at radius 1 is 1.26 bits per heavy atom. The van der Waals surface area contributed by atoms with Gasteiger partial charge in [-0.05, 0) is 25.1 Å². The highest BCUT2D eigenvalue weighted by Gasteiger charge is 2.18. The number of benzene rings is 1.